The SMILES string of the molecule is C=NCCCn1cc(-c2ccc(OC(F)(F)F)cc2)c2cc(CN3CCN(Cc4c(Cl)cccc4Cl)CC3)ccc21. The van der Waals surface area contributed by atoms with Gasteiger partial charge in [-0.3, -0.25) is 9.80 Å². The number of nitrogens with zero attached hydrogens (tertiary/aromatic N) is 4. The van der Waals surface area contributed by atoms with E-state index in [-0.39, 0.29) is 5.75 Å². The van der Waals surface area contributed by atoms with E-state index in [1.807, 2.05) is 18.2 Å². The molecule has 0 spiro atoms. The van der Waals surface area contributed by atoms with E-state index in [1.54, 1.807) is 12.1 Å². The summed E-state index contributed by atoms with van der Waals surface area (Å²) in [4.78, 5) is 8.76. The summed E-state index contributed by atoms with van der Waals surface area (Å²) >= 11 is 12.8. The lowest BCUT2D eigenvalue weighted by atomic mass is 10.0. The number of ether oxygens (including phenoxy) is 1. The van der Waals surface area contributed by atoms with E-state index in [0.29, 0.717) is 16.6 Å². The van der Waals surface area contributed by atoms with Gasteiger partial charge in [0.2, 0.25) is 0 Å². The highest BCUT2D eigenvalue weighted by molar-refractivity contribution is 6.35. The Kier molecular flexibility index (Phi) is 9.24. The van der Waals surface area contributed by atoms with E-state index < -0.39 is 6.36 Å². The maximum absolute atomic E-state index is 12.7. The van der Waals surface area contributed by atoms with E-state index in [1.165, 1.54) is 17.7 Å². The van der Waals surface area contributed by atoms with Gasteiger partial charge in [-0.15, -0.1) is 13.2 Å². The van der Waals surface area contributed by atoms with Gasteiger partial charge in [0.05, 0.1) is 0 Å². The molecule has 4 aromatic rings. The highest BCUT2D eigenvalue weighted by Crippen LogP contribution is 2.34. The molecule has 1 saturated heterocycles. The van der Waals surface area contributed by atoms with E-state index in [4.69, 9.17) is 23.2 Å². The summed E-state index contributed by atoms with van der Waals surface area (Å²) in [5.74, 6) is -0.237. The fourth-order valence-electron chi connectivity index (χ4n) is 5.32. The van der Waals surface area contributed by atoms with E-state index in [9.17, 15) is 13.2 Å². The molecular weight excluding hydrogens is 572 g/mol. The molecule has 41 heavy (non-hydrogen) atoms. The van der Waals surface area contributed by atoms with Crippen molar-refractivity contribution in [1.29, 1.82) is 0 Å². The molecule has 5 rings (SSSR count). The zero-order valence-electron chi connectivity index (χ0n) is 22.5. The van der Waals surface area contributed by atoms with Crippen LogP contribution in [0.5, 0.6) is 5.75 Å². The molecule has 0 radical (unpaired) electrons. The van der Waals surface area contributed by atoms with Crippen molar-refractivity contribution >= 4 is 40.8 Å². The first-order chi connectivity index (χ1) is 19.7. The molecule has 0 N–H and O–H groups in total. The highest BCUT2D eigenvalue weighted by Gasteiger charge is 2.31. The molecule has 5 nitrogen and oxygen atoms in total. The van der Waals surface area contributed by atoms with Crippen LogP contribution in [0.15, 0.2) is 71.9 Å². The Balaban J connectivity index is 1.32. The third-order valence-electron chi connectivity index (χ3n) is 7.37. The molecule has 1 aliphatic heterocycles. The van der Waals surface area contributed by atoms with Crippen LogP contribution in [0.2, 0.25) is 10.0 Å². The summed E-state index contributed by atoms with van der Waals surface area (Å²) in [6.45, 7) is 10.2. The van der Waals surface area contributed by atoms with Gasteiger partial charge in [-0.25, -0.2) is 0 Å². The molecule has 0 saturated carbocycles. The van der Waals surface area contributed by atoms with Crippen molar-refractivity contribution in [1.82, 2.24) is 14.4 Å². The van der Waals surface area contributed by atoms with Crippen molar-refractivity contribution in [3.8, 4) is 16.9 Å². The minimum absolute atomic E-state index is 0.237. The number of aliphatic imine (C=N–C) groups is 1. The van der Waals surface area contributed by atoms with Gasteiger partial charge in [0.1, 0.15) is 5.75 Å². The first kappa shape index (κ1) is 29.5. The summed E-state index contributed by atoms with van der Waals surface area (Å²) in [5, 5.41) is 2.45. The van der Waals surface area contributed by atoms with Crippen molar-refractivity contribution in [2.45, 2.75) is 32.4 Å². The van der Waals surface area contributed by atoms with E-state index >= 15 is 0 Å². The summed E-state index contributed by atoms with van der Waals surface area (Å²) in [7, 11) is 0. The summed E-state index contributed by atoms with van der Waals surface area (Å²) in [6, 6.07) is 18.1. The Bertz CT molecular complexity index is 1480. The zero-order valence-corrected chi connectivity index (χ0v) is 24.0. The van der Waals surface area contributed by atoms with Gasteiger partial charge in [-0.05, 0) is 60.7 Å². The molecule has 1 aliphatic rings. The van der Waals surface area contributed by atoms with Crippen LogP contribution in [0.25, 0.3) is 22.0 Å². The molecular formula is C31H31Cl2F3N4O. The standard InChI is InChI=1S/C31H31Cl2F3N4O/c1-37-12-3-13-40-21-26(23-7-9-24(10-8-23)41-31(34,35)36)25-18-22(6-11-30(25)40)19-38-14-16-39(17-15-38)20-27-28(32)4-2-5-29(27)33/h2,4-11,18,21H,1,3,12-17,19-20H2. The van der Waals surface area contributed by atoms with Gasteiger partial charge < -0.3 is 14.3 Å². The number of alkyl halides is 3. The average Bonchev–Trinajstić information content (AvgIpc) is 3.29. The van der Waals surface area contributed by atoms with Crippen LogP contribution >= 0.6 is 23.2 Å². The summed E-state index contributed by atoms with van der Waals surface area (Å²) in [5.41, 5.74) is 5.02. The molecule has 3 aromatic carbocycles. The first-order valence-corrected chi connectivity index (χ1v) is 14.2. The first-order valence-electron chi connectivity index (χ1n) is 13.5. The number of hydrogen-bond acceptors (Lipinski definition) is 4. The minimum atomic E-state index is -4.72. The van der Waals surface area contributed by atoms with Gasteiger partial charge in [-0.2, -0.15) is 0 Å². The maximum atomic E-state index is 12.7. The number of benzene rings is 3. The molecule has 2 heterocycles. The fraction of sp³-hybridized carbons (Fsp3) is 0.323. The Morgan fingerprint density at radius 1 is 0.878 bits per heavy atom. The number of aromatic nitrogens is 1. The Labute approximate surface area is 247 Å². The topological polar surface area (TPSA) is 33.0 Å². The van der Waals surface area contributed by atoms with Crippen LogP contribution < -0.4 is 4.74 Å². The van der Waals surface area contributed by atoms with E-state index in [2.05, 4.69) is 55.2 Å². The molecule has 1 fully saturated rings. The van der Waals surface area contributed by atoms with Crippen LogP contribution in [-0.4, -0.2) is 60.2 Å². The normalized spacial score (nSPS) is 15.0. The number of aryl methyl sites for hydroxylation is 1. The van der Waals surface area contributed by atoms with Gasteiger partial charge >= 0.3 is 6.36 Å². The second-order valence-electron chi connectivity index (χ2n) is 10.2. The van der Waals surface area contributed by atoms with Crippen molar-refractivity contribution in [3.63, 3.8) is 0 Å². The maximum Gasteiger partial charge on any atom is 0.573 e. The van der Waals surface area contributed by atoms with E-state index in [0.717, 1.165) is 79.8 Å². The third-order valence-corrected chi connectivity index (χ3v) is 8.08. The molecule has 0 unspecified atom stereocenters. The van der Waals surface area contributed by atoms with Crippen LogP contribution in [0.4, 0.5) is 13.2 Å². The van der Waals surface area contributed by atoms with Gasteiger partial charge in [0, 0.05) is 90.6 Å². The average molecular weight is 604 g/mol. The zero-order chi connectivity index (χ0) is 29.0. The molecule has 0 aliphatic carbocycles. The van der Waals surface area contributed by atoms with Crippen LogP contribution in [-0.2, 0) is 19.6 Å². The Hall–Kier alpha value is -3.04. The van der Waals surface area contributed by atoms with Crippen molar-refractivity contribution in [2.24, 2.45) is 4.99 Å². The number of fused-ring (bicyclic) bond motifs is 1. The van der Waals surface area contributed by atoms with Crippen molar-refractivity contribution in [2.75, 3.05) is 32.7 Å². The quantitative estimate of drug-likeness (QED) is 0.136. The number of rotatable bonds is 10. The summed E-state index contributed by atoms with van der Waals surface area (Å²) < 4.78 is 44.2. The third kappa shape index (κ3) is 7.43. The molecule has 0 amide bonds. The second-order valence-corrected chi connectivity index (χ2v) is 11.0. The lowest BCUT2D eigenvalue weighted by Crippen LogP contribution is -2.45. The highest BCUT2D eigenvalue weighted by atomic mass is 35.5. The van der Waals surface area contributed by atoms with Crippen molar-refractivity contribution in [3.05, 3.63) is 88.0 Å². The van der Waals surface area contributed by atoms with Gasteiger partial charge in [-0.1, -0.05) is 47.5 Å². The lowest BCUT2D eigenvalue weighted by Gasteiger charge is -2.35. The fourth-order valence-corrected chi connectivity index (χ4v) is 5.83. The predicted octanol–water partition coefficient (Wildman–Crippen LogP) is 7.92. The lowest BCUT2D eigenvalue weighted by molar-refractivity contribution is -0.274. The number of piperazine rings is 1. The smallest absolute Gasteiger partial charge is 0.406 e. The summed E-state index contributed by atoms with van der Waals surface area (Å²) in [6.07, 6.45) is -1.81. The second kappa shape index (κ2) is 12.9. The Morgan fingerprint density at radius 3 is 2.17 bits per heavy atom. The number of halogens is 5. The van der Waals surface area contributed by atoms with Gasteiger partial charge in [0.15, 0.2) is 0 Å². The predicted molar refractivity (Wildman–Crippen MR) is 160 cm³/mol. The van der Waals surface area contributed by atoms with Gasteiger partial charge in [0.25, 0.3) is 0 Å². The molecule has 216 valence electrons. The van der Waals surface area contributed by atoms with Crippen LogP contribution in [0.3, 0.4) is 0 Å². The molecule has 1 aromatic heterocycles. The monoisotopic (exact) mass is 602 g/mol. The Morgan fingerprint density at radius 2 is 1.54 bits per heavy atom. The number of hydrogen-bond donors (Lipinski definition) is 0. The molecule has 0 atom stereocenters. The minimum Gasteiger partial charge on any atom is -0.406 e. The molecule has 10 heteroatoms. The van der Waals surface area contributed by atoms with Crippen molar-refractivity contribution < 1.29 is 17.9 Å². The largest absolute Gasteiger partial charge is 0.573 e. The van der Waals surface area contributed by atoms with Crippen LogP contribution in [0.1, 0.15) is 17.5 Å². The van der Waals surface area contributed by atoms with Crippen LogP contribution in [0, 0.1) is 0 Å². The molecule has 0 bridgehead atoms.